The zero-order chi connectivity index (χ0) is 15.1. The Morgan fingerprint density at radius 2 is 2.33 bits per heavy atom. The van der Waals surface area contributed by atoms with Gasteiger partial charge in [-0.2, -0.15) is 0 Å². The Morgan fingerprint density at radius 1 is 1.57 bits per heavy atom. The lowest BCUT2D eigenvalue weighted by molar-refractivity contribution is 0.0767. The summed E-state index contributed by atoms with van der Waals surface area (Å²) in [7, 11) is 0. The molecule has 21 heavy (non-hydrogen) atoms. The van der Waals surface area contributed by atoms with Crippen LogP contribution in [0.25, 0.3) is 10.1 Å². The van der Waals surface area contributed by atoms with Crippen LogP contribution in [0.3, 0.4) is 0 Å². The van der Waals surface area contributed by atoms with Gasteiger partial charge in [0.1, 0.15) is 10.7 Å². The van der Waals surface area contributed by atoms with E-state index in [-0.39, 0.29) is 17.6 Å². The van der Waals surface area contributed by atoms with Crippen LogP contribution < -0.4 is 0 Å². The predicted octanol–water partition coefficient (Wildman–Crippen LogP) is 3.54. The summed E-state index contributed by atoms with van der Waals surface area (Å²) >= 11 is 7.49. The monoisotopic (exact) mass is 327 g/mol. The van der Waals surface area contributed by atoms with Crippen LogP contribution in [0.5, 0.6) is 0 Å². The fourth-order valence-corrected chi connectivity index (χ4v) is 4.19. The van der Waals surface area contributed by atoms with Crippen molar-refractivity contribution in [3.8, 4) is 0 Å². The Labute approximate surface area is 130 Å². The van der Waals surface area contributed by atoms with Crippen LogP contribution in [0, 0.1) is 11.7 Å². The first-order valence-electron chi connectivity index (χ1n) is 6.82. The number of halogens is 2. The van der Waals surface area contributed by atoms with Crippen molar-refractivity contribution in [2.45, 2.75) is 19.4 Å². The maximum Gasteiger partial charge on any atom is 0.265 e. The van der Waals surface area contributed by atoms with Crippen molar-refractivity contribution in [3.05, 3.63) is 33.9 Å². The average molecular weight is 328 g/mol. The zero-order valence-corrected chi connectivity index (χ0v) is 13.0. The molecule has 0 aliphatic carbocycles. The highest BCUT2D eigenvalue weighted by molar-refractivity contribution is 7.21. The maximum absolute atomic E-state index is 13.3. The molecule has 2 unspecified atom stereocenters. The van der Waals surface area contributed by atoms with Crippen molar-refractivity contribution >= 4 is 38.9 Å². The highest BCUT2D eigenvalue weighted by Gasteiger charge is 2.31. The number of carbonyl (C=O) groups excluding carboxylic acids is 1. The fraction of sp³-hybridized carbons (Fsp3) is 0.400. The first-order chi connectivity index (χ1) is 9.97. The van der Waals surface area contributed by atoms with E-state index >= 15 is 0 Å². The van der Waals surface area contributed by atoms with Gasteiger partial charge in [0.25, 0.3) is 5.91 Å². The van der Waals surface area contributed by atoms with Gasteiger partial charge in [-0.15, -0.1) is 11.3 Å². The van der Waals surface area contributed by atoms with E-state index in [2.05, 4.69) is 0 Å². The van der Waals surface area contributed by atoms with E-state index in [0.29, 0.717) is 33.1 Å². The van der Waals surface area contributed by atoms with Crippen LogP contribution >= 0.6 is 22.9 Å². The standard InChI is InChI=1S/C15H15ClFNO2S/c1-8(19)9-4-5-18(7-9)15(20)14-13(16)11-3-2-10(17)6-12(11)21-14/h2-3,6,8-9,19H,4-5,7H2,1H3. The number of rotatable bonds is 2. The Bertz CT molecular complexity index is 700. The third-order valence-electron chi connectivity index (χ3n) is 3.98. The minimum atomic E-state index is -0.422. The van der Waals surface area contributed by atoms with Crippen molar-refractivity contribution in [2.24, 2.45) is 5.92 Å². The first kappa shape index (κ1) is 14.8. The zero-order valence-electron chi connectivity index (χ0n) is 11.5. The van der Waals surface area contributed by atoms with Crippen LogP contribution in [0.15, 0.2) is 18.2 Å². The molecule has 6 heteroatoms. The second kappa shape index (κ2) is 5.55. The largest absolute Gasteiger partial charge is 0.393 e. The molecular formula is C15H15ClFNO2S. The van der Waals surface area contributed by atoms with E-state index in [1.54, 1.807) is 17.9 Å². The highest BCUT2D eigenvalue weighted by atomic mass is 35.5. The SMILES string of the molecule is CC(O)C1CCN(C(=O)c2sc3cc(F)ccc3c2Cl)C1. The number of fused-ring (bicyclic) bond motifs is 1. The second-order valence-corrected chi connectivity index (χ2v) is 6.86. The van der Waals surface area contributed by atoms with Gasteiger partial charge in [-0.25, -0.2) is 4.39 Å². The molecule has 2 heterocycles. The van der Waals surface area contributed by atoms with Crippen molar-refractivity contribution in [3.63, 3.8) is 0 Å². The molecule has 0 radical (unpaired) electrons. The summed E-state index contributed by atoms with van der Waals surface area (Å²) in [4.78, 5) is 14.7. The summed E-state index contributed by atoms with van der Waals surface area (Å²) in [5.41, 5.74) is 0. The van der Waals surface area contributed by atoms with Gasteiger partial charge in [0.2, 0.25) is 0 Å². The molecule has 1 aromatic heterocycles. The summed E-state index contributed by atoms with van der Waals surface area (Å²) in [6.45, 7) is 2.90. The Kier molecular flexibility index (Phi) is 3.90. The number of benzene rings is 1. The summed E-state index contributed by atoms with van der Waals surface area (Å²) in [6.07, 6.45) is 0.371. The van der Waals surface area contributed by atoms with Crippen LogP contribution in [0.2, 0.25) is 5.02 Å². The van der Waals surface area contributed by atoms with Gasteiger partial charge in [0.15, 0.2) is 0 Å². The van der Waals surface area contributed by atoms with E-state index in [1.807, 2.05) is 0 Å². The molecule has 0 spiro atoms. The molecule has 2 aromatic rings. The van der Waals surface area contributed by atoms with E-state index < -0.39 is 6.10 Å². The van der Waals surface area contributed by atoms with Gasteiger partial charge < -0.3 is 10.0 Å². The number of thiophene rings is 1. The normalized spacial score (nSPS) is 20.2. The minimum absolute atomic E-state index is 0.111. The first-order valence-corrected chi connectivity index (χ1v) is 8.01. The molecule has 2 atom stereocenters. The lowest BCUT2D eigenvalue weighted by atomic mass is 10.0. The fourth-order valence-electron chi connectivity index (χ4n) is 2.69. The van der Waals surface area contributed by atoms with E-state index in [0.717, 1.165) is 6.42 Å². The maximum atomic E-state index is 13.3. The van der Waals surface area contributed by atoms with Gasteiger partial charge in [-0.05, 0) is 31.5 Å². The van der Waals surface area contributed by atoms with E-state index in [9.17, 15) is 14.3 Å². The molecule has 1 aliphatic heterocycles. The second-order valence-electron chi connectivity index (χ2n) is 5.43. The minimum Gasteiger partial charge on any atom is -0.393 e. The molecule has 3 nitrogen and oxygen atoms in total. The van der Waals surface area contributed by atoms with Crippen molar-refractivity contribution in [1.82, 2.24) is 4.90 Å². The molecule has 1 fully saturated rings. The molecule has 1 N–H and O–H groups in total. The number of likely N-dealkylation sites (tertiary alicyclic amines) is 1. The number of carbonyl (C=O) groups is 1. The molecule has 1 saturated heterocycles. The quantitative estimate of drug-likeness (QED) is 0.916. The Morgan fingerprint density at radius 3 is 3.00 bits per heavy atom. The number of amides is 1. The van der Waals surface area contributed by atoms with Crippen LogP contribution in [0.1, 0.15) is 23.0 Å². The van der Waals surface area contributed by atoms with Gasteiger partial charge in [0.05, 0.1) is 11.1 Å². The molecule has 3 rings (SSSR count). The average Bonchev–Trinajstić information content (AvgIpc) is 3.03. The number of hydrogen-bond donors (Lipinski definition) is 1. The van der Waals surface area contributed by atoms with Gasteiger partial charge in [0, 0.05) is 29.1 Å². The number of nitrogens with zero attached hydrogens (tertiary/aromatic N) is 1. The van der Waals surface area contributed by atoms with Gasteiger partial charge >= 0.3 is 0 Å². The summed E-state index contributed by atoms with van der Waals surface area (Å²) in [5.74, 6) is -0.362. The molecule has 1 amide bonds. The molecule has 0 saturated carbocycles. The molecule has 0 bridgehead atoms. The smallest absolute Gasteiger partial charge is 0.265 e. The lowest BCUT2D eigenvalue weighted by Crippen LogP contribution is -2.30. The molecular weight excluding hydrogens is 313 g/mol. The lowest BCUT2D eigenvalue weighted by Gasteiger charge is -2.17. The summed E-state index contributed by atoms with van der Waals surface area (Å²) in [6, 6.07) is 4.34. The van der Waals surface area contributed by atoms with E-state index in [1.165, 1.54) is 23.5 Å². The van der Waals surface area contributed by atoms with Crippen LogP contribution in [-0.2, 0) is 0 Å². The van der Waals surface area contributed by atoms with Crippen molar-refractivity contribution < 1.29 is 14.3 Å². The van der Waals surface area contributed by atoms with Gasteiger partial charge in [-0.3, -0.25) is 4.79 Å². The van der Waals surface area contributed by atoms with Crippen molar-refractivity contribution in [1.29, 1.82) is 0 Å². The molecule has 1 aromatic carbocycles. The predicted molar refractivity (Wildman–Crippen MR) is 82.5 cm³/mol. The Balaban J connectivity index is 1.90. The number of hydrogen-bond acceptors (Lipinski definition) is 3. The summed E-state index contributed by atoms with van der Waals surface area (Å²) in [5, 5.41) is 10.7. The molecule has 112 valence electrons. The topological polar surface area (TPSA) is 40.5 Å². The van der Waals surface area contributed by atoms with E-state index in [4.69, 9.17) is 11.6 Å². The highest BCUT2D eigenvalue weighted by Crippen LogP contribution is 2.37. The van der Waals surface area contributed by atoms with Gasteiger partial charge in [-0.1, -0.05) is 11.6 Å². The van der Waals surface area contributed by atoms with Crippen LogP contribution in [-0.4, -0.2) is 35.1 Å². The van der Waals surface area contributed by atoms with Crippen LogP contribution in [0.4, 0.5) is 4.39 Å². The Hall–Kier alpha value is -1.17. The third kappa shape index (κ3) is 2.65. The van der Waals surface area contributed by atoms with Crippen molar-refractivity contribution in [2.75, 3.05) is 13.1 Å². The third-order valence-corrected chi connectivity index (χ3v) is 5.63. The summed E-state index contributed by atoms with van der Waals surface area (Å²) < 4.78 is 13.9. The number of aliphatic hydroxyl groups is 1. The molecule has 1 aliphatic rings. The number of aliphatic hydroxyl groups excluding tert-OH is 1.